The molecule has 1 fully saturated rings. The third kappa shape index (κ3) is 2.47. The Kier molecular flexibility index (Phi) is 3.80. The zero-order valence-electron chi connectivity index (χ0n) is 9.82. The van der Waals surface area contributed by atoms with Crippen LogP contribution in [0.2, 0.25) is 0 Å². The van der Waals surface area contributed by atoms with Gasteiger partial charge in [0.15, 0.2) is 6.04 Å². The molecule has 16 heavy (non-hydrogen) atoms. The lowest BCUT2D eigenvalue weighted by Gasteiger charge is -2.33. The molecule has 0 bridgehead atoms. The van der Waals surface area contributed by atoms with Gasteiger partial charge < -0.3 is 9.47 Å². The van der Waals surface area contributed by atoms with Crippen LogP contribution in [-0.2, 0) is 14.3 Å². The van der Waals surface area contributed by atoms with Gasteiger partial charge in [0.2, 0.25) is 0 Å². The Balaban J connectivity index is 2.94. The molecule has 0 aromatic heterocycles. The standard InChI is InChI=1S/C10H16ClNO4/c1-10(2,3)8-12(9(11)14)6(5-16-8)7(13)15-4/h6,8H,5H2,1-4H3/t6-,8?/m1/s1. The number of esters is 1. The van der Waals surface area contributed by atoms with E-state index in [1.165, 1.54) is 12.0 Å². The predicted molar refractivity (Wildman–Crippen MR) is 58.1 cm³/mol. The van der Waals surface area contributed by atoms with Gasteiger partial charge in [-0.1, -0.05) is 20.8 Å². The molecule has 0 radical (unpaired) electrons. The molecule has 0 aliphatic carbocycles. The summed E-state index contributed by atoms with van der Waals surface area (Å²) in [5.41, 5.74) is -0.312. The van der Waals surface area contributed by atoms with Crippen molar-refractivity contribution in [2.45, 2.75) is 33.0 Å². The number of ether oxygens (including phenoxy) is 2. The molecule has 0 aromatic rings. The summed E-state index contributed by atoms with van der Waals surface area (Å²) in [5, 5.41) is -0.701. The first-order valence-corrected chi connectivity index (χ1v) is 5.34. The highest BCUT2D eigenvalue weighted by Gasteiger charge is 2.47. The summed E-state index contributed by atoms with van der Waals surface area (Å²) >= 11 is 5.48. The average Bonchev–Trinajstić information content (AvgIpc) is 2.59. The smallest absolute Gasteiger partial charge is 0.331 e. The zero-order valence-corrected chi connectivity index (χ0v) is 10.6. The first kappa shape index (κ1) is 13.3. The first-order chi connectivity index (χ1) is 7.29. The maximum Gasteiger partial charge on any atom is 0.331 e. The monoisotopic (exact) mass is 249 g/mol. The van der Waals surface area contributed by atoms with Gasteiger partial charge in [-0.3, -0.25) is 9.69 Å². The third-order valence-corrected chi connectivity index (χ3v) is 2.61. The van der Waals surface area contributed by atoms with Crippen LogP contribution in [0.4, 0.5) is 4.79 Å². The number of rotatable bonds is 1. The fourth-order valence-electron chi connectivity index (χ4n) is 1.71. The van der Waals surface area contributed by atoms with E-state index in [4.69, 9.17) is 16.3 Å². The van der Waals surface area contributed by atoms with Crippen molar-refractivity contribution in [3.05, 3.63) is 0 Å². The number of hydrogen-bond acceptors (Lipinski definition) is 4. The van der Waals surface area contributed by atoms with E-state index in [0.29, 0.717) is 0 Å². The number of carbonyl (C=O) groups is 2. The van der Waals surface area contributed by atoms with E-state index in [0.717, 1.165) is 0 Å². The molecule has 1 aliphatic heterocycles. The Bertz CT molecular complexity index is 300. The molecule has 0 saturated carbocycles. The highest BCUT2D eigenvalue weighted by atomic mass is 35.5. The van der Waals surface area contributed by atoms with E-state index in [-0.39, 0.29) is 12.0 Å². The van der Waals surface area contributed by atoms with Gasteiger partial charge >= 0.3 is 11.3 Å². The molecule has 1 unspecified atom stereocenters. The van der Waals surface area contributed by atoms with Crippen molar-refractivity contribution in [2.24, 2.45) is 5.41 Å². The largest absolute Gasteiger partial charge is 0.467 e. The second kappa shape index (κ2) is 4.59. The van der Waals surface area contributed by atoms with Gasteiger partial charge in [-0.25, -0.2) is 4.79 Å². The second-order valence-electron chi connectivity index (χ2n) is 4.75. The summed E-state index contributed by atoms with van der Waals surface area (Å²) < 4.78 is 10.1. The molecule has 1 saturated heterocycles. The van der Waals surface area contributed by atoms with Crippen LogP contribution in [0.5, 0.6) is 0 Å². The zero-order chi connectivity index (χ0) is 12.5. The van der Waals surface area contributed by atoms with E-state index < -0.39 is 23.6 Å². The molecule has 5 nitrogen and oxygen atoms in total. The van der Waals surface area contributed by atoms with Gasteiger partial charge in [0.05, 0.1) is 13.7 Å². The number of halogens is 1. The van der Waals surface area contributed by atoms with Crippen molar-refractivity contribution >= 4 is 22.9 Å². The molecule has 0 aromatic carbocycles. The number of amides is 1. The number of nitrogens with zero attached hydrogens (tertiary/aromatic N) is 1. The minimum Gasteiger partial charge on any atom is -0.467 e. The van der Waals surface area contributed by atoms with Crippen LogP contribution in [-0.4, -0.2) is 42.2 Å². The Morgan fingerprint density at radius 2 is 2.00 bits per heavy atom. The molecule has 1 heterocycles. The lowest BCUT2D eigenvalue weighted by molar-refractivity contribution is -0.145. The fraction of sp³-hybridized carbons (Fsp3) is 0.800. The van der Waals surface area contributed by atoms with Crippen molar-refractivity contribution in [3.63, 3.8) is 0 Å². The van der Waals surface area contributed by atoms with E-state index >= 15 is 0 Å². The Morgan fingerprint density at radius 1 is 1.44 bits per heavy atom. The third-order valence-electron chi connectivity index (χ3n) is 2.42. The fourth-order valence-corrected chi connectivity index (χ4v) is 1.91. The van der Waals surface area contributed by atoms with Crippen molar-refractivity contribution in [2.75, 3.05) is 13.7 Å². The number of carbonyl (C=O) groups excluding carboxylic acids is 2. The Hall–Kier alpha value is -0.810. The van der Waals surface area contributed by atoms with Gasteiger partial charge in [-0.2, -0.15) is 0 Å². The van der Waals surface area contributed by atoms with E-state index in [2.05, 4.69) is 4.74 Å². The van der Waals surface area contributed by atoms with Gasteiger partial charge in [0, 0.05) is 5.41 Å². The van der Waals surface area contributed by atoms with Crippen molar-refractivity contribution in [3.8, 4) is 0 Å². The van der Waals surface area contributed by atoms with Gasteiger partial charge in [-0.05, 0) is 11.6 Å². The van der Waals surface area contributed by atoms with Crippen molar-refractivity contribution < 1.29 is 19.1 Å². The highest BCUT2D eigenvalue weighted by Crippen LogP contribution is 2.32. The van der Waals surface area contributed by atoms with Crippen LogP contribution in [0.25, 0.3) is 0 Å². The van der Waals surface area contributed by atoms with E-state index in [1.807, 2.05) is 20.8 Å². The molecule has 2 atom stereocenters. The maximum atomic E-state index is 11.4. The van der Waals surface area contributed by atoms with Gasteiger partial charge in [0.25, 0.3) is 0 Å². The van der Waals surface area contributed by atoms with Crippen LogP contribution in [0.1, 0.15) is 20.8 Å². The molecule has 1 rings (SSSR count). The molecule has 92 valence electrons. The van der Waals surface area contributed by atoms with Crippen LogP contribution in [0, 0.1) is 5.41 Å². The Labute approximate surface area is 99.6 Å². The lowest BCUT2D eigenvalue weighted by Crippen LogP contribution is -2.48. The summed E-state index contributed by atoms with van der Waals surface area (Å²) in [7, 11) is 1.27. The van der Waals surface area contributed by atoms with Crippen LogP contribution >= 0.6 is 11.6 Å². The molecule has 6 heteroatoms. The minimum atomic E-state index is -0.751. The lowest BCUT2D eigenvalue weighted by atomic mass is 9.93. The average molecular weight is 250 g/mol. The normalized spacial score (nSPS) is 25.7. The summed E-state index contributed by atoms with van der Waals surface area (Å²) in [5.74, 6) is -0.513. The van der Waals surface area contributed by atoms with E-state index in [1.54, 1.807) is 0 Å². The molecular weight excluding hydrogens is 234 g/mol. The van der Waals surface area contributed by atoms with E-state index in [9.17, 15) is 9.59 Å². The summed E-state index contributed by atoms with van der Waals surface area (Å²) in [6.07, 6.45) is -0.512. The minimum absolute atomic E-state index is 0.118. The van der Waals surface area contributed by atoms with Crippen LogP contribution < -0.4 is 0 Å². The molecule has 0 spiro atoms. The second-order valence-corrected chi connectivity index (χ2v) is 5.07. The van der Waals surface area contributed by atoms with Gasteiger partial charge in [0.1, 0.15) is 6.23 Å². The summed E-state index contributed by atoms with van der Waals surface area (Å²) in [6, 6.07) is -0.751. The van der Waals surface area contributed by atoms with Crippen molar-refractivity contribution in [1.29, 1.82) is 0 Å². The quantitative estimate of drug-likeness (QED) is 0.402. The van der Waals surface area contributed by atoms with Crippen LogP contribution in [0.15, 0.2) is 0 Å². The predicted octanol–water partition coefficient (Wildman–Crippen LogP) is 1.59. The molecule has 0 N–H and O–H groups in total. The highest BCUT2D eigenvalue weighted by molar-refractivity contribution is 6.63. The molecule has 1 aliphatic rings. The topological polar surface area (TPSA) is 55.8 Å². The van der Waals surface area contributed by atoms with Crippen molar-refractivity contribution in [1.82, 2.24) is 4.90 Å². The Morgan fingerprint density at radius 3 is 2.38 bits per heavy atom. The summed E-state index contributed by atoms with van der Waals surface area (Å²) in [4.78, 5) is 24.0. The van der Waals surface area contributed by atoms with Gasteiger partial charge in [-0.15, -0.1) is 0 Å². The molecular formula is C10H16ClNO4. The molecule has 1 amide bonds. The van der Waals surface area contributed by atoms with Crippen LogP contribution in [0.3, 0.4) is 0 Å². The first-order valence-electron chi connectivity index (χ1n) is 4.96. The summed E-state index contributed by atoms with van der Waals surface area (Å²) in [6.45, 7) is 5.84. The number of hydrogen-bond donors (Lipinski definition) is 0. The number of methoxy groups -OCH3 is 1. The SMILES string of the molecule is COC(=O)[C@H]1COC(C(C)(C)C)N1C(=O)Cl. The maximum absolute atomic E-state index is 11.4.